The van der Waals surface area contributed by atoms with Crippen LogP contribution in [-0.2, 0) is 0 Å². The molecule has 0 aromatic heterocycles. The largest absolute Gasteiger partial charge is 0.300 e. The summed E-state index contributed by atoms with van der Waals surface area (Å²) in [5.74, 6) is 0.782. The highest BCUT2D eigenvalue weighted by Crippen LogP contribution is 2.42. The summed E-state index contributed by atoms with van der Waals surface area (Å²) in [5, 5.41) is 0. The van der Waals surface area contributed by atoms with E-state index in [2.05, 4.69) is 39.5 Å². The number of fused-ring (bicyclic) bond motifs is 1. The quantitative estimate of drug-likeness (QED) is 0.723. The van der Waals surface area contributed by atoms with Crippen LogP contribution >= 0.6 is 0 Å². The zero-order valence-corrected chi connectivity index (χ0v) is 13.8. The summed E-state index contributed by atoms with van der Waals surface area (Å²) in [6.45, 7) is 14.3. The Morgan fingerprint density at radius 3 is 1.80 bits per heavy atom. The van der Waals surface area contributed by atoms with Gasteiger partial charge >= 0.3 is 0 Å². The van der Waals surface area contributed by atoms with E-state index in [1.807, 2.05) is 0 Å². The van der Waals surface area contributed by atoms with Gasteiger partial charge in [-0.2, -0.15) is 0 Å². The first-order valence-corrected chi connectivity index (χ1v) is 8.33. The molecule has 2 atom stereocenters. The highest BCUT2D eigenvalue weighted by atomic mass is 15.2. The normalized spacial score (nSPS) is 26.9. The van der Waals surface area contributed by atoms with Gasteiger partial charge in [0.15, 0.2) is 0 Å². The van der Waals surface area contributed by atoms with Crippen molar-refractivity contribution in [2.75, 3.05) is 13.1 Å². The lowest BCUT2D eigenvalue weighted by Crippen LogP contribution is -2.40. The maximum Gasteiger partial charge on any atom is 0.0165 e. The molecule has 0 saturated carbocycles. The second-order valence-corrected chi connectivity index (χ2v) is 7.03. The highest BCUT2D eigenvalue weighted by molar-refractivity contribution is 5.51. The number of rotatable bonds is 1. The molecular weight excluding hydrogens is 242 g/mol. The van der Waals surface area contributed by atoms with Crippen LogP contribution in [0.5, 0.6) is 0 Å². The third kappa shape index (κ3) is 2.02. The molecule has 1 aromatic rings. The Morgan fingerprint density at radius 2 is 1.20 bits per heavy atom. The SMILES string of the molecule is Cc1c(C)c(C)c(C2CCCN3CCCC23)c(C)c1C. The van der Waals surface area contributed by atoms with Gasteiger partial charge in [0.05, 0.1) is 0 Å². The van der Waals surface area contributed by atoms with Crippen LogP contribution in [0, 0.1) is 34.6 Å². The van der Waals surface area contributed by atoms with E-state index in [4.69, 9.17) is 0 Å². The van der Waals surface area contributed by atoms with Crippen LogP contribution in [0.4, 0.5) is 0 Å². The molecular formula is C19H29N. The van der Waals surface area contributed by atoms with E-state index >= 15 is 0 Å². The minimum atomic E-state index is 0.782. The lowest BCUT2D eigenvalue weighted by atomic mass is 9.76. The van der Waals surface area contributed by atoms with Crippen molar-refractivity contribution in [2.45, 2.75) is 72.3 Å². The number of piperidine rings is 1. The molecule has 110 valence electrons. The first-order chi connectivity index (χ1) is 9.52. The third-order valence-electron chi connectivity index (χ3n) is 6.27. The van der Waals surface area contributed by atoms with E-state index in [1.54, 1.807) is 16.7 Å². The lowest BCUT2D eigenvalue weighted by molar-refractivity contribution is 0.172. The molecule has 2 heterocycles. The van der Waals surface area contributed by atoms with Crippen molar-refractivity contribution in [3.05, 3.63) is 33.4 Å². The van der Waals surface area contributed by atoms with E-state index in [0.717, 1.165) is 12.0 Å². The third-order valence-corrected chi connectivity index (χ3v) is 6.27. The summed E-state index contributed by atoms with van der Waals surface area (Å²) >= 11 is 0. The molecule has 2 saturated heterocycles. The van der Waals surface area contributed by atoms with Crippen molar-refractivity contribution in [1.82, 2.24) is 4.90 Å². The van der Waals surface area contributed by atoms with Crippen molar-refractivity contribution in [2.24, 2.45) is 0 Å². The van der Waals surface area contributed by atoms with Gasteiger partial charge in [-0.15, -0.1) is 0 Å². The molecule has 0 aliphatic carbocycles. The van der Waals surface area contributed by atoms with Gasteiger partial charge in [0.1, 0.15) is 0 Å². The fraction of sp³-hybridized carbons (Fsp3) is 0.684. The van der Waals surface area contributed by atoms with Gasteiger partial charge in [-0.25, -0.2) is 0 Å². The molecule has 20 heavy (non-hydrogen) atoms. The van der Waals surface area contributed by atoms with Gasteiger partial charge in [0.2, 0.25) is 0 Å². The molecule has 2 unspecified atom stereocenters. The molecule has 0 spiro atoms. The Bertz CT molecular complexity index is 500. The minimum Gasteiger partial charge on any atom is -0.300 e. The molecule has 1 heteroatoms. The minimum absolute atomic E-state index is 0.782. The van der Waals surface area contributed by atoms with Crippen molar-refractivity contribution in [3.63, 3.8) is 0 Å². The van der Waals surface area contributed by atoms with Crippen molar-refractivity contribution < 1.29 is 0 Å². The van der Waals surface area contributed by atoms with E-state index < -0.39 is 0 Å². The Labute approximate surface area is 124 Å². The predicted molar refractivity (Wildman–Crippen MR) is 86.7 cm³/mol. The van der Waals surface area contributed by atoms with Gasteiger partial charge in [-0.05, 0) is 107 Å². The van der Waals surface area contributed by atoms with Gasteiger partial charge < -0.3 is 0 Å². The van der Waals surface area contributed by atoms with Crippen molar-refractivity contribution in [1.29, 1.82) is 0 Å². The fourth-order valence-corrected chi connectivity index (χ4v) is 4.71. The van der Waals surface area contributed by atoms with Crippen LogP contribution in [0.25, 0.3) is 0 Å². The van der Waals surface area contributed by atoms with Gasteiger partial charge in [-0.1, -0.05) is 0 Å². The maximum absolute atomic E-state index is 2.76. The summed E-state index contributed by atoms with van der Waals surface area (Å²) in [6.07, 6.45) is 5.59. The van der Waals surface area contributed by atoms with Crippen LogP contribution in [-0.4, -0.2) is 24.0 Å². The van der Waals surface area contributed by atoms with E-state index in [-0.39, 0.29) is 0 Å². The number of benzene rings is 1. The fourth-order valence-electron chi connectivity index (χ4n) is 4.71. The summed E-state index contributed by atoms with van der Waals surface area (Å²) < 4.78 is 0. The molecule has 2 aliphatic heterocycles. The van der Waals surface area contributed by atoms with Gasteiger partial charge in [-0.3, -0.25) is 4.90 Å². The van der Waals surface area contributed by atoms with E-state index in [9.17, 15) is 0 Å². The smallest absolute Gasteiger partial charge is 0.0165 e. The van der Waals surface area contributed by atoms with Crippen LogP contribution in [0.15, 0.2) is 0 Å². The Balaban J connectivity index is 2.09. The van der Waals surface area contributed by atoms with Gasteiger partial charge in [0.25, 0.3) is 0 Å². The zero-order chi connectivity index (χ0) is 14.4. The first kappa shape index (κ1) is 14.1. The zero-order valence-electron chi connectivity index (χ0n) is 13.8. The molecule has 2 fully saturated rings. The summed E-state index contributed by atoms with van der Waals surface area (Å²) in [5.41, 5.74) is 9.40. The molecule has 3 rings (SSSR count). The first-order valence-electron chi connectivity index (χ1n) is 8.33. The molecule has 0 amide bonds. The van der Waals surface area contributed by atoms with Crippen LogP contribution in [0.3, 0.4) is 0 Å². The standard InChI is InChI=1S/C19H29N/c1-12-13(2)15(4)19(16(5)14(12)3)17-8-6-10-20-11-7-9-18(17)20/h17-18H,6-11H2,1-5H3. The number of hydrogen-bond donors (Lipinski definition) is 0. The van der Waals surface area contributed by atoms with Crippen molar-refractivity contribution in [3.8, 4) is 0 Å². The predicted octanol–water partition coefficient (Wildman–Crippen LogP) is 4.57. The second kappa shape index (κ2) is 5.18. The number of nitrogens with zero attached hydrogens (tertiary/aromatic N) is 1. The summed E-state index contributed by atoms with van der Waals surface area (Å²) in [4.78, 5) is 2.76. The molecule has 0 bridgehead atoms. The Hall–Kier alpha value is -0.820. The van der Waals surface area contributed by atoms with E-state index in [0.29, 0.717) is 0 Å². The topological polar surface area (TPSA) is 3.24 Å². The molecule has 1 nitrogen and oxygen atoms in total. The van der Waals surface area contributed by atoms with Crippen LogP contribution in [0.2, 0.25) is 0 Å². The monoisotopic (exact) mass is 271 g/mol. The average Bonchev–Trinajstić information content (AvgIpc) is 2.92. The van der Waals surface area contributed by atoms with Crippen molar-refractivity contribution >= 4 is 0 Å². The summed E-state index contributed by atoms with van der Waals surface area (Å²) in [6, 6.07) is 0.822. The Morgan fingerprint density at radius 1 is 0.700 bits per heavy atom. The molecule has 2 aliphatic rings. The van der Waals surface area contributed by atoms with E-state index in [1.165, 1.54) is 55.5 Å². The maximum atomic E-state index is 2.76. The molecule has 0 radical (unpaired) electrons. The summed E-state index contributed by atoms with van der Waals surface area (Å²) in [7, 11) is 0. The second-order valence-electron chi connectivity index (χ2n) is 7.03. The Kier molecular flexibility index (Phi) is 3.66. The van der Waals surface area contributed by atoms with Crippen LogP contribution < -0.4 is 0 Å². The average molecular weight is 271 g/mol. The number of hydrogen-bond acceptors (Lipinski definition) is 1. The lowest BCUT2D eigenvalue weighted by Gasteiger charge is -2.39. The van der Waals surface area contributed by atoms with Gasteiger partial charge in [0, 0.05) is 12.0 Å². The molecule has 1 aromatic carbocycles. The highest BCUT2D eigenvalue weighted by Gasteiger charge is 2.37. The molecule has 0 N–H and O–H groups in total. The van der Waals surface area contributed by atoms with Crippen LogP contribution in [0.1, 0.15) is 65.0 Å².